The molecule has 2 rings (SSSR count). The maximum Gasteiger partial charge on any atom is 0.189 e. The number of rotatable bonds is 2. The quantitative estimate of drug-likeness (QED) is 0.702. The summed E-state index contributed by atoms with van der Waals surface area (Å²) in [6.45, 7) is 0. The van der Waals surface area contributed by atoms with Crippen molar-refractivity contribution in [2.24, 2.45) is 0 Å². The minimum absolute atomic E-state index is 0.0291. The molecule has 78 valence electrons. The van der Waals surface area contributed by atoms with E-state index in [1.54, 1.807) is 24.3 Å². The van der Waals surface area contributed by atoms with E-state index in [1.807, 2.05) is 24.3 Å². The average Bonchev–Trinajstić information content (AvgIpc) is 2.39. The molecule has 1 aromatic rings. The van der Waals surface area contributed by atoms with Crippen LogP contribution in [0.15, 0.2) is 48.1 Å². The van der Waals surface area contributed by atoms with Crippen molar-refractivity contribution in [3.8, 4) is 6.07 Å². The highest BCUT2D eigenvalue weighted by atomic mass is 16.1. The van der Waals surface area contributed by atoms with Crippen LogP contribution in [-0.4, -0.2) is 5.78 Å². The van der Waals surface area contributed by atoms with E-state index in [1.165, 1.54) is 0 Å². The molecule has 2 nitrogen and oxygen atoms in total. The van der Waals surface area contributed by atoms with Crippen LogP contribution in [0, 0.1) is 11.3 Å². The number of hydrogen-bond acceptors (Lipinski definition) is 2. The SMILES string of the molecule is N#Cc1cccc(C(=O)C2=CC=CCC2)c1. The fourth-order valence-corrected chi connectivity index (χ4v) is 1.71. The molecule has 0 atom stereocenters. The number of nitriles is 1. The molecule has 0 bridgehead atoms. The zero-order valence-corrected chi connectivity index (χ0v) is 8.81. The molecule has 0 saturated carbocycles. The molecule has 1 aliphatic carbocycles. The summed E-state index contributed by atoms with van der Waals surface area (Å²) in [4.78, 5) is 12.1. The summed E-state index contributed by atoms with van der Waals surface area (Å²) in [6.07, 6.45) is 7.50. The third kappa shape index (κ3) is 2.09. The standard InChI is InChI=1S/C14H11NO/c15-10-11-5-4-8-13(9-11)14(16)12-6-2-1-3-7-12/h1-2,4-6,8-9H,3,7H2. The number of Topliss-reactive ketones (excluding diaryl/α,β-unsaturated/α-hetero) is 1. The minimum Gasteiger partial charge on any atom is -0.289 e. The van der Waals surface area contributed by atoms with Crippen LogP contribution in [-0.2, 0) is 0 Å². The Balaban J connectivity index is 2.30. The molecule has 0 fully saturated rings. The predicted molar refractivity (Wildman–Crippen MR) is 61.9 cm³/mol. The van der Waals surface area contributed by atoms with E-state index in [9.17, 15) is 4.79 Å². The molecule has 0 N–H and O–H groups in total. The molecule has 1 aromatic carbocycles. The molecular formula is C14H11NO. The third-order valence-electron chi connectivity index (χ3n) is 2.56. The monoisotopic (exact) mass is 209 g/mol. The van der Waals surface area contributed by atoms with Gasteiger partial charge in [0, 0.05) is 11.1 Å². The smallest absolute Gasteiger partial charge is 0.189 e. The molecule has 2 heteroatoms. The third-order valence-corrected chi connectivity index (χ3v) is 2.56. The first-order valence-corrected chi connectivity index (χ1v) is 5.22. The van der Waals surface area contributed by atoms with Gasteiger partial charge in [0.05, 0.1) is 11.6 Å². The topological polar surface area (TPSA) is 40.9 Å². The Morgan fingerprint density at radius 1 is 1.38 bits per heavy atom. The zero-order chi connectivity index (χ0) is 11.4. The van der Waals surface area contributed by atoms with Crippen molar-refractivity contribution in [2.45, 2.75) is 12.8 Å². The van der Waals surface area contributed by atoms with Crippen molar-refractivity contribution >= 4 is 5.78 Å². The van der Waals surface area contributed by atoms with Crippen molar-refractivity contribution < 1.29 is 4.79 Å². The van der Waals surface area contributed by atoms with E-state index >= 15 is 0 Å². The fraction of sp³-hybridized carbons (Fsp3) is 0.143. The number of carbonyl (C=O) groups excluding carboxylic acids is 1. The summed E-state index contributed by atoms with van der Waals surface area (Å²) >= 11 is 0. The van der Waals surface area contributed by atoms with Gasteiger partial charge in [-0.2, -0.15) is 5.26 Å². The molecule has 0 unspecified atom stereocenters. The Bertz CT molecular complexity index is 518. The molecular weight excluding hydrogens is 198 g/mol. The lowest BCUT2D eigenvalue weighted by atomic mass is 9.95. The van der Waals surface area contributed by atoms with Gasteiger partial charge in [0.15, 0.2) is 5.78 Å². The number of ketones is 1. The molecule has 0 heterocycles. The summed E-state index contributed by atoms with van der Waals surface area (Å²) in [5.74, 6) is 0.0291. The lowest BCUT2D eigenvalue weighted by Crippen LogP contribution is -2.05. The molecule has 0 amide bonds. The van der Waals surface area contributed by atoms with Crippen LogP contribution in [0.3, 0.4) is 0 Å². The van der Waals surface area contributed by atoms with Crippen molar-refractivity contribution in [1.29, 1.82) is 5.26 Å². The molecule has 0 spiro atoms. The highest BCUT2D eigenvalue weighted by Gasteiger charge is 2.12. The van der Waals surface area contributed by atoms with Crippen molar-refractivity contribution in [1.82, 2.24) is 0 Å². The van der Waals surface area contributed by atoms with Crippen LogP contribution in [0.2, 0.25) is 0 Å². The van der Waals surface area contributed by atoms with E-state index in [2.05, 4.69) is 0 Å². The first kappa shape index (κ1) is 10.4. The molecule has 0 aromatic heterocycles. The second-order valence-corrected chi connectivity index (χ2v) is 3.68. The van der Waals surface area contributed by atoms with Crippen LogP contribution in [0.4, 0.5) is 0 Å². The maximum atomic E-state index is 12.1. The van der Waals surface area contributed by atoms with Crippen LogP contribution in [0.5, 0.6) is 0 Å². The van der Waals surface area contributed by atoms with E-state index < -0.39 is 0 Å². The summed E-state index contributed by atoms with van der Waals surface area (Å²) < 4.78 is 0. The second-order valence-electron chi connectivity index (χ2n) is 3.68. The van der Waals surface area contributed by atoms with Gasteiger partial charge in [-0.25, -0.2) is 0 Å². The average molecular weight is 209 g/mol. The number of hydrogen-bond donors (Lipinski definition) is 0. The van der Waals surface area contributed by atoms with Gasteiger partial charge < -0.3 is 0 Å². The van der Waals surface area contributed by atoms with Gasteiger partial charge in [0.2, 0.25) is 0 Å². The Labute approximate surface area is 94.5 Å². The van der Waals surface area contributed by atoms with Crippen LogP contribution in [0.1, 0.15) is 28.8 Å². The lowest BCUT2D eigenvalue weighted by molar-refractivity contribution is 0.103. The van der Waals surface area contributed by atoms with Gasteiger partial charge >= 0.3 is 0 Å². The zero-order valence-electron chi connectivity index (χ0n) is 8.81. The van der Waals surface area contributed by atoms with Gasteiger partial charge in [0.1, 0.15) is 0 Å². The Kier molecular flexibility index (Phi) is 2.98. The van der Waals surface area contributed by atoms with Crippen LogP contribution >= 0.6 is 0 Å². The summed E-state index contributed by atoms with van der Waals surface area (Å²) in [7, 11) is 0. The highest BCUT2D eigenvalue weighted by molar-refractivity contribution is 6.09. The van der Waals surface area contributed by atoms with Gasteiger partial charge in [-0.3, -0.25) is 4.79 Å². The first-order chi connectivity index (χ1) is 7.81. The van der Waals surface area contributed by atoms with E-state index in [0.29, 0.717) is 11.1 Å². The maximum absolute atomic E-state index is 12.1. The van der Waals surface area contributed by atoms with Crippen molar-refractivity contribution in [2.75, 3.05) is 0 Å². The van der Waals surface area contributed by atoms with Gasteiger partial charge in [-0.1, -0.05) is 30.4 Å². The molecule has 1 aliphatic rings. The minimum atomic E-state index is 0.0291. The van der Waals surface area contributed by atoms with Crippen LogP contribution < -0.4 is 0 Å². The summed E-state index contributed by atoms with van der Waals surface area (Å²) in [6, 6.07) is 8.87. The van der Waals surface area contributed by atoms with Crippen molar-refractivity contribution in [3.05, 3.63) is 59.2 Å². The normalized spacial score (nSPS) is 14.1. The number of allylic oxidation sites excluding steroid dienone is 4. The Hall–Kier alpha value is -2.14. The first-order valence-electron chi connectivity index (χ1n) is 5.22. The van der Waals surface area contributed by atoms with Crippen molar-refractivity contribution in [3.63, 3.8) is 0 Å². The summed E-state index contributed by atoms with van der Waals surface area (Å²) in [5, 5.41) is 8.77. The molecule has 0 radical (unpaired) electrons. The van der Waals surface area contributed by atoms with E-state index in [0.717, 1.165) is 18.4 Å². The predicted octanol–water partition coefficient (Wildman–Crippen LogP) is 3.02. The molecule has 0 saturated heterocycles. The fourth-order valence-electron chi connectivity index (χ4n) is 1.71. The van der Waals surface area contributed by atoms with E-state index in [-0.39, 0.29) is 5.78 Å². The summed E-state index contributed by atoms with van der Waals surface area (Å²) in [5.41, 5.74) is 1.94. The number of nitrogens with zero attached hydrogens (tertiary/aromatic N) is 1. The number of carbonyl (C=O) groups is 1. The lowest BCUT2D eigenvalue weighted by Gasteiger charge is -2.07. The van der Waals surface area contributed by atoms with Gasteiger partial charge in [0.25, 0.3) is 0 Å². The molecule has 0 aliphatic heterocycles. The Morgan fingerprint density at radius 2 is 2.25 bits per heavy atom. The highest BCUT2D eigenvalue weighted by Crippen LogP contribution is 2.18. The number of benzene rings is 1. The Morgan fingerprint density at radius 3 is 2.94 bits per heavy atom. The van der Waals surface area contributed by atoms with Gasteiger partial charge in [-0.15, -0.1) is 0 Å². The van der Waals surface area contributed by atoms with Gasteiger partial charge in [-0.05, 0) is 25.0 Å². The molecule has 16 heavy (non-hydrogen) atoms. The van der Waals surface area contributed by atoms with Crippen LogP contribution in [0.25, 0.3) is 0 Å². The largest absolute Gasteiger partial charge is 0.289 e. The van der Waals surface area contributed by atoms with E-state index in [4.69, 9.17) is 5.26 Å². The second kappa shape index (κ2) is 4.59.